The highest BCUT2D eigenvalue weighted by atomic mass is 79.9. The van der Waals surface area contributed by atoms with Crippen molar-refractivity contribution in [1.29, 1.82) is 0 Å². The molecular formula is C9H13BrN2OS. The quantitative estimate of drug-likeness (QED) is 0.912. The third-order valence-corrected chi connectivity index (χ3v) is 3.72. The number of amides is 1. The normalized spacial score (nSPS) is 13.1. The minimum Gasteiger partial charge on any atom is -0.368 e. The van der Waals surface area contributed by atoms with E-state index >= 15 is 0 Å². The van der Waals surface area contributed by atoms with Crippen LogP contribution in [0.5, 0.6) is 0 Å². The summed E-state index contributed by atoms with van der Waals surface area (Å²) in [4.78, 5) is 14.1. The molecule has 1 rings (SSSR count). The Morgan fingerprint density at radius 1 is 1.71 bits per heavy atom. The fraction of sp³-hybridized carbons (Fsp3) is 0.444. The van der Waals surface area contributed by atoms with Crippen LogP contribution in [0.3, 0.4) is 0 Å². The molecule has 0 radical (unpaired) electrons. The Bertz CT molecular complexity index is 326. The topological polar surface area (TPSA) is 46.3 Å². The van der Waals surface area contributed by atoms with E-state index in [0.29, 0.717) is 0 Å². The monoisotopic (exact) mass is 276 g/mol. The Morgan fingerprint density at radius 3 is 2.79 bits per heavy atom. The zero-order valence-electron chi connectivity index (χ0n) is 8.16. The van der Waals surface area contributed by atoms with Gasteiger partial charge in [0.05, 0.1) is 9.83 Å². The van der Waals surface area contributed by atoms with E-state index in [9.17, 15) is 4.79 Å². The van der Waals surface area contributed by atoms with Gasteiger partial charge in [-0.3, -0.25) is 9.69 Å². The van der Waals surface area contributed by atoms with Crippen LogP contribution in [0.4, 0.5) is 0 Å². The first kappa shape index (κ1) is 11.7. The minimum atomic E-state index is -0.289. The van der Waals surface area contributed by atoms with Gasteiger partial charge in [0.2, 0.25) is 5.91 Å². The van der Waals surface area contributed by atoms with Gasteiger partial charge < -0.3 is 5.73 Å². The molecule has 0 saturated heterocycles. The summed E-state index contributed by atoms with van der Waals surface area (Å²) in [5.41, 5.74) is 5.21. The van der Waals surface area contributed by atoms with Crippen molar-refractivity contribution in [3.63, 3.8) is 0 Å². The Kier molecular flexibility index (Phi) is 4.10. The fourth-order valence-corrected chi connectivity index (χ4v) is 2.58. The summed E-state index contributed by atoms with van der Waals surface area (Å²) < 4.78 is 1.10. The smallest absolute Gasteiger partial charge is 0.234 e. The largest absolute Gasteiger partial charge is 0.368 e. The molecule has 0 aromatic carbocycles. The van der Waals surface area contributed by atoms with Crippen molar-refractivity contribution < 1.29 is 4.79 Å². The molecule has 0 spiro atoms. The second-order valence-electron chi connectivity index (χ2n) is 3.20. The molecule has 0 aliphatic heterocycles. The molecule has 78 valence electrons. The lowest BCUT2D eigenvalue weighted by Crippen LogP contribution is -2.39. The van der Waals surface area contributed by atoms with E-state index in [1.54, 1.807) is 11.3 Å². The van der Waals surface area contributed by atoms with Crippen LogP contribution < -0.4 is 5.73 Å². The van der Waals surface area contributed by atoms with E-state index < -0.39 is 0 Å². The van der Waals surface area contributed by atoms with Crippen LogP contribution in [0.1, 0.15) is 11.8 Å². The number of nitrogens with zero attached hydrogens (tertiary/aromatic N) is 1. The van der Waals surface area contributed by atoms with Gasteiger partial charge in [0.25, 0.3) is 0 Å². The van der Waals surface area contributed by atoms with Gasteiger partial charge in [-0.1, -0.05) is 0 Å². The maximum atomic E-state index is 10.9. The van der Waals surface area contributed by atoms with E-state index in [4.69, 9.17) is 5.73 Å². The number of halogens is 1. The third-order valence-electron chi connectivity index (χ3n) is 2.11. The first-order chi connectivity index (χ1) is 6.50. The number of carbonyl (C=O) groups excluding carboxylic acids is 1. The molecule has 0 fully saturated rings. The molecule has 1 amide bonds. The maximum Gasteiger partial charge on any atom is 0.234 e. The second kappa shape index (κ2) is 4.91. The molecule has 0 bridgehead atoms. The molecule has 1 aromatic heterocycles. The van der Waals surface area contributed by atoms with Crippen LogP contribution in [-0.4, -0.2) is 23.9 Å². The molecule has 1 aromatic rings. The number of hydrogen-bond acceptors (Lipinski definition) is 3. The van der Waals surface area contributed by atoms with Gasteiger partial charge in [-0.25, -0.2) is 0 Å². The van der Waals surface area contributed by atoms with Gasteiger partial charge in [-0.05, 0) is 42.0 Å². The van der Waals surface area contributed by atoms with Crippen molar-refractivity contribution in [2.75, 3.05) is 7.05 Å². The van der Waals surface area contributed by atoms with Crippen molar-refractivity contribution in [1.82, 2.24) is 4.90 Å². The summed E-state index contributed by atoms with van der Waals surface area (Å²) in [6, 6.07) is 3.82. The molecule has 14 heavy (non-hydrogen) atoms. The van der Waals surface area contributed by atoms with Crippen LogP contribution in [0.2, 0.25) is 0 Å². The molecule has 3 nitrogen and oxygen atoms in total. The highest BCUT2D eigenvalue weighted by molar-refractivity contribution is 9.11. The fourth-order valence-electron chi connectivity index (χ4n) is 1.04. The Labute approximate surface area is 96.0 Å². The van der Waals surface area contributed by atoms with Crippen molar-refractivity contribution in [3.05, 3.63) is 20.8 Å². The standard InChI is InChI=1S/C9H13BrN2OS/c1-6(9(11)13)12(2)5-7-3-4-8(10)14-7/h3-4,6H,5H2,1-2H3,(H2,11,13). The van der Waals surface area contributed by atoms with Crippen LogP contribution >= 0.6 is 27.3 Å². The molecule has 0 aliphatic carbocycles. The SMILES string of the molecule is CC(C(N)=O)N(C)Cc1ccc(Br)s1. The number of carbonyl (C=O) groups is 1. The summed E-state index contributed by atoms with van der Waals surface area (Å²) in [6.07, 6.45) is 0. The first-order valence-electron chi connectivity index (χ1n) is 4.24. The van der Waals surface area contributed by atoms with Gasteiger partial charge in [0.1, 0.15) is 0 Å². The minimum absolute atomic E-state index is 0.226. The average molecular weight is 277 g/mol. The van der Waals surface area contributed by atoms with Gasteiger partial charge in [0.15, 0.2) is 0 Å². The lowest BCUT2D eigenvalue weighted by Gasteiger charge is -2.20. The van der Waals surface area contributed by atoms with Crippen LogP contribution in [0.15, 0.2) is 15.9 Å². The van der Waals surface area contributed by atoms with Crippen LogP contribution in [0.25, 0.3) is 0 Å². The number of thiophene rings is 1. The van der Waals surface area contributed by atoms with Crippen LogP contribution in [-0.2, 0) is 11.3 Å². The van der Waals surface area contributed by atoms with E-state index in [1.807, 2.05) is 31.0 Å². The number of rotatable bonds is 4. The Morgan fingerprint density at radius 2 is 2.36 bits per heavy atom. The molecule has 1 atom stereocenters. The van der Waals surface area contributed by atoms with Crippen molar-refractivity contribution in [2.24, 2.45) is 5.73 Å². The van der Waals surface area contributed by atoms with E-state index in [-0.39, 0.29) is 11.9 Å². The molecule has 0 aliphatic rings. The van der Waals surface area contributed by atoms with E-state index in [2.05, 4.69) is 15.9 Å². The zero-order chi connectivity index (χ0) is 10.7. The number of hydrogen-bond donors (Lipinski definition) is 1. The molecule has 5 heteroatoms. The second-order valence-corrected chi connectivity index (χ2v) is 5.75. The van der Waals surface area contributed by atoms with Crippen LogP contribution in [0, 0.1) is 0 Å². The lowest BCUT2D eigenvalue weighted by atomic mass is 10.3. The molecule has 2 N–H and O–H groups in total. The van der Waals surface area contributed by atoms with E-state index in [1.165, 1.54) is 4.88 Å². The number of primary amides is 1. The molecule has 0 saturated carbocycles. The summed E-state index contributed by atoms with van der Waals surface area (Å²) >= 11 is 5.06. The molecular weight excluding hydrogens is 264 g/mol. The predicted octanol–water partition coefficient (Wildman–Crippen LogP) is 1.82. The highest BCUT2D eigenvalue weighted by Gasteiger charge is 2.15. The van der Waals surface area contributed by atoms with Gasteiger partial charge in [-0.2, -0.15) is 0 Å². The first-order valence-corrected chi connectivity index (χ1v) is 5.85. The van der Waals surface area contributed by atoms with Crippen molar-refractivity contribution in [2.45, 2.75) is 19.5 Å². The van der Waals surface area contributed by atoms with Gasteiger partial charge in [0, 0.05) is 11.4 Å². The summed E-state index contributed by atoms with van der Waals surface area (Å²) in [5, 5.41) is 0. The maximum absolute atomic E-state index is 10.9. The lowest BCUT2D eigenvalue weighted by molar-refractivity contribution is -0.122. The molecule has 1 unspecified atom stereocenters. The summed E-state index contributed by atoms with van der Waals surface area (Å²) in [7, 11) is 1.89. The zero-order valence-corrected chi connectivity index (χ0v) is 10.6. The number of nitrogens with two attached hydrogens (primary N) is 1. The summed E-state index contributed by atoms with van der Waals surface area (Å²) in [6.45, 7) is 2.56. The van der Waals surface area contributed by atoms with Gasteiger partial charge >= 0.3 is 0 Å². The van der Waals surface area contributed by atoms with Crippen molar-refractivity contribution >= 4 is 33.2 Å². The third kappa shape index (κ3) is 3.08. The van der Waals surface area contributed by atoms with E-state index in [0.717, 1.165) is 10.3 Å². The highest BCUT2D eigenvalue weighted by Crippen LogP contribution is 2.23. The predicted molar refractivity (Wildman–Crippen MR) is 62.1 cm³/mol. The number of likely N-dealkylation sites (N-methyl/N-ethyl adjacent to an activating group) is 1. The summed E-state index contributed by atoms with van der Waals surface area (Å²) in [5.74, 6) is -0.289. The van der Waals surface area contributed by atoms with Crippen molar-refractivity contribution in [3.8, 4) is 0 Å². The Balaban J connectivity index is 2.56. The van der Waals surface area contributed by atoms with Gasteiger partial charge in [-0.15, -0.1) is 11.3 Å². The average Bonchev–Trinajstić information content (AvgIpc) is 2.49. The Hall–Kier alpha value is -0.390. The molecule has 1 heterocycles.